The fourth-order valence-corrected chi connectivity index (χ4v) is 3.38. The summed E-state index contributed by atoms with van der Waals surface area (Å²) in [4.78, 5) is 28.2. The molecule has 2 rings (SSSR count). The number of amides is 2. The quantitative estimate of drug-likeness (QED) is 0.841. The molecule has 0 bridgehead atoms. The molecule has 1 atom stereocenters. The van der Waals surface area contributed by atoms with E-state index in [2.05, 4.69) is 10.2 Å². The molecule has 6 nitrogen and oxygen atoms in total. The summed E-state index contributed by atoms with van der Waals surface area (Å²) in [5, 5.41) is 2.76. The second-order valence-corrected chi connectivity index (χ2v) is 7.21. The Bertz CT molecular complexity index is 411. The molecule has 2 aliphatic heterocycles. The summed E-state index contributed by atoms with van der Waals surface area (Å²) in [6.07, 6.45) is 3.60. The molecule has 1 unspecified atom stereocenters. The number of hydrogen-bond acceptors (Lipinski definition) is 4. The zero-order chi connectivity index (χ0) is 16.3. The van der Waals surface area contributed by atoms with Gasteiger partial charge in [-0.25, -0.2) is 4.79 Å². The van der Waals surface area contributed by atoms with Crippen LogP contribution in [-0.4, -0.2) is 66.2 Å². The molecule has 1 N–H and O–H groups in total. The SMILES string of the molecule is CNC(=O)C1CCCN1C1CCN(C(=O)OC(C)(C)C)CC1. The van der Waals surface area contributed by atoms with E-state index in [-0.39, 0.29) is 18.0 Å². The molecule has 0 saturated carbocycles. The molecule has 0 radical (unpaired) electrons. The highest BCUT2D eigenvalue weighted by Crippen LogP contribution is 2.26. The lowest BCUT2D eigenvalue weighted by atomic mass is 10.0. The minimum absolute atomic E-state index is 0.00285. The number of likely N-dealkylation sites (N-methyl/N-ethyl adjacent to an activating group) is 1. The van der Waals surface area contributed by atoms with Crippen LogP contribution in [0.1, 0.15) is 46.5 Å². The lowest BCUT2D eigenvalue weighted by molar-refractivity contribution is -0.126. The third-order valence-corrected chi connectivity index (χ3v) is 4.43. The minimum Gasteiger partial charge on any atom is -0.444 e. The van der Waals surface area contributed by atoms with Crippen molar-refractivity contribution < 1.29 is 14.3 Å². The molecule has 0 aromatic rings. The van der Waals surface area contributed by atoms with Gasteiger partial charge in [-0.15, -0.1) is 0 Å². The summed E-state index contributed by atoms with van der Waals surface area (Å²) in [7, 11) is 1.70. The van der Waals surface area contributed by atoms with E-state index in [0.29, 0.717) is 19.1 Å². The maximum atomic E-state index is 12.1. The van der Waals surface area contributed by atoms with Crippen LogP contribution in [0.2, 0.25) is 0 Å². The fraction of sp³-hybridized carbons (Fsp3) is 0.875. The first-order valence-corrected chi connectivity index (χ1v) is 8.27. The summed E-state index contributed by atoms with van der Waals surface area (Å²) < 4.78 is 5.42. The second-order valence-electron chi connectivity index (χ2n) is 7.21. The Morgan fingerprint density at radius 2 is 1.73 bits per heavy atom. The van der Waals surface area contributed by atoms with E-state index < -0.39 is 5.60 Å². The van der Waals surface area contributed by atoms with Crippen LogP contribution in [0.25, 0.3) is 0 Å². The van der Waals surface area contributed by atoms with Gasteiger partial charge in [0.05, 0.1) is 6.04 Å². The number of hydrogen-bond donors (Lipinski definition) is 1. The van der Waals surface area contributed by atoms with Crippen LogP contribution in [0.15, 0.2) is 0 Å². The van der Waals surface area contributed by atoms with Crippen LogP contribution in [0.4, 0.5) is 4.79 Å². The largest absolute Gasteiger partial charge is 0.444 e. The average Bonchev–Trinajstić information content (AvgIpc) is 2.94. The molecule has 2 heterocycles. The number of piperidine rings is 1. The predicted octanol–water partition coefficient (Wildman–Crippen LogP) is 1.60. The van der Waals surface area contributed by atoms with Crippen LogP contribution in [0, 0.1) is 0 Å². The first-order valence-electron chi connectivity index (χ1n) is 8.27. The molecular weight excluding hydrogens is 282 g/mol. The molecule has 2 fully saturated rings. The van der Waals surface area contributed by atoms with Crippen molar-refractivity contribution in [1.29, 1.82) is 0 Å². The molecular formula is C16H29N3O3. The Balaban J connectivity index is 1.87. The Kier molecular flexibility index (Phi) is 5.32. The van der Waals surface area contributed by atoms with Crippen molar-refractivity contribution in [3.05, 3.63) is 0 Å². The van der Waals surface area contributed by atoms with Gasteiger partial charge in [0.25, 0.3) is 0 Å². The number of carbonyl (C=O) groups is 2. The monoisotopic (exact) mass is 311 g/mol. The number of carbonyl (C=O) groups excluding carboxylic acids is 2. The van der Waals surface area contributed by atoms with Gasteiger partial charge in [-0.2, -0.15) is 0 Å². The summed E-state index contributed by atoms with van der Waals surface area (Å²) >= 11 is 0. The maximum absolute atomic E-state index is 12.1. The maximum Gasteiger partial charge on any atom is 0.410 e. The summed E-state index contributed by atoms with van der Waals surface area (Å²) in [5.41, 5.74) is -0.451. The lowest BCUT2D eigenvalue weighted by Crippen LogP contribution is -2.52. The zero-order valence-corrected chi connectivity index (χ0v) is 14.2. The van der Waals surface area contributed by atoms with Crippen molar-refractivity contribution in [1.82, 2.24) is 15.1 Å². The third-order valence-electron chi connectivity index (χ3n) is 4.43. The van der Waals surface area contributed by atoms with Crippen molar-refractivity contribution in [2.75, 3.05) is 26.7 Å². The van der Waals surface area contributed by atoms with E-state index in [4.69, 9.17) is 4.74 Å². The Morgan fingerprint density at radius 3 is 2.27 bits per heavy atom. The van der Waals surface area contributed by atoms with E-state index in [0.717, 1.165) is 32.2 Å². The minimum atomic E-state index is -0.451. The number of nitrogens with one attached hydrogen (secondary N) is 1. The van der Waals surface area contributed by atoms with Gasteiger partial charge in [-0.05, 0) is 53.0 Å². The number of nitrogens with zero attached hydrogens (tertiary/aromatic N) is 2. The van der Waals surface area contributed by atoms with Gasteiger partial charge in [-0.1, -0.05) is 0 Å². The van der Waals surface area contributed by atoms with E-state index in [1.165, 1.54) is 0 Å². The lowest BCUT2D eigenvalue weighted by Gasteiger charge is -2.39. The smallest absolute Gasteiger partial charge is 0.410 e. The molecule has 22 heavy (non-hydrogen) atoms. The van der Waals surface area contributed by atoms with Crippen LogP contribution in [-0.2, 0) is 9.53 Å². The first kappa shape index (κ1) is 17.1. The van der Waals surface area contributed by atoms with Gasteiger partial charge in [-0.3, -0.25) is 9.69 Å². The summed E-state index contributed by atoms with van der Waals surface area (Å²) in [5.74, 6) is 0.118. The first-order chi connectivity index (χ1) is 10.3. The number of rotatable bonds is 2. The Hall–Kier alpha value is -1.30. The normalized spacial score (nSPS) is 24.4. The molecule has 126 valence electrons. The highest BCUT2D eigenvalue weighted by Gasteiger charge is 2.37. The fourth-order valence-electron chi connectivity index (χ4n) is 3.38. The Morgan fingerprint density at radius 1 is 1.09 bits per heavy atom. The summed E-state index contributed by atoms with van der Waals surface area (Å²) in [6.45, 7) is 8.05. The molecule has 0 aromatic heterocycles. The highest BCUT2D eigenvalue weighted by atomic mass is 16.6. The van der Waals surface area contributed by atoms with Gasteiger partial charge in [0.2, 0.25) is 5.91 Å². The predicted molar refractivity (Wildman–Crippen MR) is 84.6 cm³/mol. The number of ether oxygens (including phenoxy) is 1. The molecule has 0 aromatic carbocycles. The molecule has 6 heteroatoms. The standard InChI is InChI=1S/C16H29N3O3/c1-16(2,3)22-15(21)18-10-7-12(8-11-18)19-9-5-6-13(19)14(20)17-4/h12-13H,5-11H2,1-4H3,(H,17,20). The molecule has 2 amide bonds. The molecule has 2 aliphatic rings. The molecule has 2 saturated heterocycles. The molecule has 0 spiro atoms. The van der Waals surface area contributed by atoms with Gasteiger partial charge < -0.3 is 15.0 Å². The molecule has 0 aliphatic carbocycles. The van der Waals surface area contributed by atoms with E-state index >= 15 is 0 Å². The van der Waals surface area contributed by atoms with Gasteiger partial charge in [0.15, 0.2) is 0 Å². The van der Waals surface area contributed by atoms with E-state index in [1.54, 1.807) is 11.9 Å². The van der Waals surface area contributed by atoms with Crippen molar-refractivity contribution in [3.8, 4) is 0 Å². The average molecular weight is 311 g/mol. The highest BCUT2D eigenvalue weighted by molar-refractivity contribution is 5.81. The van der Waals surface area contributed by atoms with Crippen LogP contribution < -0.4 is 5.32 Å². The van der Waals surface area contributed by atoms with E-state index in [9.17, 15) is 9.59 Å². The topological polar surface area (TPSA) is 61.9 Å². The van der Waals surface area contributed by atoms with Gasteiger partial charge in [0.1, 0.15) is 5.60 Å². The van der Waals surface area contributed by atoms with Crippen molar-refractivity contribution in [2.45, 2.75) is 64.1 Å². The van der Waals surface area contributed by atoms with Crippen molar-refractivity contribution >= 4 is 12.0 Å². The zero-order valence-electron chi connectivity index (χ0n) is 14.2. The summed E-state index contributed by atoms with van der Waals surface area (Å²) in [6, 6.07) is 0.395. The third kappa shape index (κ3) is 4.12. The van der Waals surface area contributed by atoms with Gasteiger partial charge in [0, 0.05) is 26.2 Å². The van der Waals surface area contributed by atoms with Crippen molar-refractivity contribution in [2.24, 2.45) is 0 Å². The van der Waals surface area contributed by atoms with Crippen LogP contribution in [0.5, 0.6) is 0 Å². The number of likely N-dealkylation sites (tertiary alicyclic amines) is 2. The Labute approximate surface area is 133 Å². The van der Waals surface area contributed by atoms with Crippen molar-refractivity contribution in [3.63, 3.8) is 0 Å². The van der Waals surface area contributed by atoms with E-state index in [1.807, 2.05) is 20.8 Å². The second kappa shape index (κ2) is 6.86. The van der Waals surface area contributed by atoms with Crippen LogP contribution in [0.3, 0.4) is 0 Å². The van der Waals surface area contributed by atoms with Gasteiger partial charge >= 0.3 is 6.09 Å². The van der Waals surface area contributed by atoms with Crippen LogP contribution >= 0.6 is 0 Å².